The third kappa shape index (κ3) is 4.58. The van der Waals surface area contributed by atoms with Crippen LogP contribution >= 0.6 is 0 Å². The molecule has 0 atom stereocenters. The van der Waals surface area contributed by atoms with Gasteiger partial charge in [0.15, 0.2) is 35.4 Å². The minimum Gasteiger partial charge on any atom is -0.479 e. The second-order valence-electron chi connectivity index (χ2n) is 9.10. The van der Waals surface area contributed by atoms with Gasteiger partial charge in [-0.1, -0.05) is 0 Å². The predicted octanol–water partition coefficient (Wildman–Crippen LogP) is 2.49. The highest BCUT2D eigenvalue weighted by atomic mass is 19.1. The molecule has 4 aromatic heterocycles. The molecule has 12 nitrogen and oxygen atoms in total. The lowest BCUT2D eigenvalue weighted by Gasteiger charge is -2.36. The minimum absolute atomic E-state index is 0.174. The Kier molecular flexibility index (Phi) is 6.23. The Morgan fingerprint density at radius 1 is 1.15 bits per heavy atom. The first-order valence-electron chi connectivity index (χ1n) is 12.2. The van der Waals surface area contributed by atoms with E-state index in [9.17, 15) is 13.6 Å². The van der Waals surface area contributed by atoms with Crippen molar-refractivity contribution in [2.75, 3.05) is 50.0 Å². The Morgan fingerprint density at radius 3 is 2.72 bits per heavy atom. The molecule has 0 unspecified atom stereocenters. The number of nitrogens with two attached hydrogens (primary N) is 1. The van der Waals surface area contributed by atoms with Crippen molar-refractivity contribution in [1.82, 2.24) is 29.3 Å². The summed E-state index contributed by atoms with van der Waals surface area (Å²) in [6, 6.07) is 7.92. The highest BCUT2D eigenvalue weighted by molar-refractivity contribution is 5.93. The molecule has 5 aromatic rings. The zero-order valence-electron chi connectivity index (χ0n) is 20.6. The van der Waals surface area contributed by atoms with Gasteiger partial charge in [-0.2, -0.15) is 19.7 Å². The van der Waals surface area contributed by atoms with E-state index in [0.29, 0.717) is 56.4 Å². The molecule has 1 aromatic carbocycles. The van der Waals surface area contributed by atoms with E-state index >= 15 is 0 Å². The maximum atomic E-state index is 14.9. The van der Waals surface area contributed by atoms with E-state index in [2.05, 4.69) is 20.1 Å². The number of hydrogen-bond acceptors (Lipinski definition) is 9. The Morgan fingerprint density at radius 2 is 1.97 bits per heavy atom. The van der Waals surface area contributed by atoms with Gasteiger partial charge in [-0.05, 0) is 30.3 Å². The van der Waals surface area contributed by atoms with Crippen molar-refractivity contribution in [3.63, 3.8) is 0 Å². The smallest absolute Gasteiger partial charge is 0.341 e. The molecule has 0 saturated carbocycles. The van der Waals surface area contributed by atoms with Crippen LogP contribution in [0.4, 0.5) is 20.4 Å². The number of ether oxygens (including phenoxy) is 1. The number of aromatic nitrogens is 5. The Labute approximate surface area is 219 Å². The first-order chi connectivity index (χ1) is 18.9. The van der Waals surface area contributed by atoms with Crippen LogP contribution in [0.5, 0.6) is 5.75 Å². The summed E-state index contributed by atoms with van der Waals surface area (Å²) >= 11 is 0. The number of anilines is 2. The molecule has 3 N–H and O–H groups in total. The van der Waals surface area contributed by atoms with Crippen LogP contribution in [0.25, 0.3) is 28.0 Å². The summed E-state index contributed by atoms with van der Waals surface area (Å²) in [7, 11) is 0. The molecule has 202 valence electrons. The van der Waals surface area contributed by atoms with Gasteiger partial charge in [-0.3, -0.25) is 4.90 Å². The monoisotopic (exact) mass is 538 g/mol. The third-order valence-electron chi connectivity index (χ3n) is 6.72. The first-order valence-corrected chi connectivity index (χ1v) is 12.2. The lowest BCUT2D eigenvalue weighted by Crippen LogP contribution is -2.47. The van der Waals surface area contributed by atoms with Crippen molar-refractivity contribution in [1.29, 1.82) is 0 Å². The van der Waals surface area contributed by atoms with E-state index in [0.717, 1.165) is 17.0 Å². The van der Waals surface area contributed by atoms with Crippen molar-refractivity contribution in [3.8, 4) is 17.2 Å². The summed E-state index contributed by atoms with van der Waals surface area (Å²) in [4.78, 5) is 19.3. The largest absolute Gasteiger partial charge is 0.479 e. The number of piperazine rings is 1. The van der Waals surface area contributed by atoms with Gasteiger partial charge in [0, 0.05) is 32.7 Å². The van der Waals surface area contributed by atoms with E-state index in [1.807, 2.05) is 12.1 Å². The van der Waals surface area contributed by atoms with Crippen LogP contribution in [0.15, 0.2) is 47.2 Å². The molecule has 0 bridgehead atoms. The summed E-state index contributed by atoms with van der Waals surface area (Å²) in [6.07, 6.45) is 3.32. The van der Waals surface area contributed by atoms with Gasteiger partial charge in [0.2, 0.25) is 5.95 Å². The summed E-state index contributed by atoms with van der Waals surface area (Å²) in [6.45, 7) is 2.67. The summed E-state index contributed by atoms with van der Waals surface area (Å²) in [5, 5.41) is 18.6. The van der Waals surface area contributed by atoms with Gasteiger partial charge in [0.25, 0.3) is 0 Å². The molecule has 0 amide bonds. The fourth-order valence-corrected chi connectivity index (χ4v) is 4.77. The number of carboxylic acid groups (broad SMARTS) is 1. The van der Waals surface area contributed by atoms with Crippen LogP contribution in [0.3, 0.4) is 0 Å². The number of nitrogen functional groups attached to an aromatic ring is 1. The van der Waals surface area contributed by atoms with Gasteiger partial charge in [0.05, 0.1) is 35.6 Å². The fourth-order valence-electron chi connectivity index (χ4n) is 4.77. The van der Waals surface area contributed by atoms with Gasteiger partial charge in [-0.25, -0.2) is 18.3 Å². The number of furan rings is 1. The van der Waals surface area contributed by atoms with Crippen LogP contribution in [0.2, 0.25) is 0 Å². The number of benzene rings is 1. The Hall–Kier alpha value is -4.72. The Balaban J connectivity index is 1.13. The van der Waals surface area contributed by atoms with Crippen LogP contribution in [0.1, 0.15) is 0 Å². The van der Waals surface area contributed by atoms with Gasteiger partial charge < -0.3 is 24.9 Å². The zero-order chi connectivity index (χ0) is 27.1. The highest BCUT2D eigenvalue weighted by Gasteiger charge is 2.24. The molecule has 14 heteroatoms. The van der Waals surface area contributed by atoms with Crippen molar-refractivity contribution in [2.45, 2.75) is 6.54 Å². The molecule has 39 heavy (non-hydrogen) atoms. The number of fused-ring (bicyclic) bond motifs is 3. The number of carboxylic acids is 1. The number of nitrogens with zero attached hydrogens (tertiary/aromatic N) is 7. The molecule has 6 rings (SSSR count). The van der Waals surface area contributed by atoms with Crippen LogP contribution in [0, 0.1) is 11.6 Å². The Bertz CT molecular complexity index is 1660. The molecule has 0 radical (unpaired) electrons. The number of carbonyl (C=O) groups is 1. The van der Waals surface area contributed by atoms with Crippen LogP contribution in [-0.4, -0.2) is 79.7 Å². The quantitative estimate of drug-likeness (QED) is 0.303. The number of rotatable bonds is 8. The lowest BCUT2D eigenvalue weighted by molar-refractivity contribution is -0.139. The van der Waals surface area contributed by atoms with Gasteiger partial charge in [0.1, 0.15) is 5.69 Å². The maximum absolute atomic E-state index is 14.9. The first kappa shape index (κ1) is 24.6. The summed E-state index contributed by atoms with van der Waals surface area (Å²) in [5.74, 6) is -2.98. The molecular weight excluding hydrogens is 514 g/mol. The topological polar surface area (TPSA) is 140 Å². The molecule has 1 fully saturated rings. The van der Waals surface area contributed by atoms with E-state index in [-0.39, 0.29) is 11.6 Å². The SMILES string of the molecule is Nc1nc2c(cnn2CCN2CCN(c3ccc(F)c(OCC(=O)O)c3F)CC2)c2cc(-c3ccco3)nn12. The molecule has 0 spiro atoms. The van der Waals surface area contributed by atoms with Crippen LogP contribution < -0.4 is 15.4 Å². The van der Waals surface area contributed by atoms with Crippen molar-refractivity contribution < 1.29 is 27.8 Å². The van der Waals surface area contributed by atoms with E-state index in [1.165, 1.54) is 6.07 Å². The molecule has 1 aliphatic rings. The predicted molar refractivity (Wildman–Crippen MR) is 137 cm³/mol. The molecular formula is C25H24F2N8O4. The average molecular weight is 539 g/mol. The van der Waals surface area contributed by atoms with Gasteiger partial charge in [-0.15, -0.1) is 0 Å². The number of halogens is 2. The second-order valence-corrected chi connectivity index (χ2v) is 9.10. The van der Waals surface area contributed by atoms with E-state index < -0.39 is 30.0 Å². The second kappa shape index (κ2) is 9.87. The molecule has 0 aliphatic carbocycles. The standard InChI is InChI=1S/C25H24F2N8O4/c26-16-3-4-18(22(27)23(16)39-14-21(36)37)33-8-5-32(6-9-33)7-10-34-24-15(13-29-34)19-12-17(20-2-1-11-38-20)31-35(19)25(28)30-24/h1-4,11-13H,5-10,14H2,(H2,28,30)(H,36,37). The van der Waals surface area contributed by atoms with Gasteiger partial charge >= 0.3 is 5.97 Å². The number of hydrogen-bond donors (Lipinski definition) is 2. The molecule has 5 heterocycles. The average Bonchev–Trinajstić information content (AvgIpc) is 3.68. The summed E-state index contributed by atoms with van der Waals surface area (Å²) in [5.41, 5.74) is 8.44. The zero-order valence-corrected chi connectivity index (χ0v) is 20.6. The minimum atomic E-state index is -1.32. The summed E-state index contributed by atoms with van der Waals surface area (Å²) < 4.78 is 42.6. The van der Waals surface area contributed by atoms with Crippen molar-refractivity contribution >= 4 is 34.2 Å². The van der Waals surface area contributed by atoms with E-state index in [1.54, 1.807) is 32.6 Å². The normalized spacial score (nSPS) is 14.5. The maximum Gasteiger partial charge on any atom is 0.341 e. The molecule has 1 aliphatic heterocycles. The van der Waals surface area contributed by atoms with Crippen LogP contribution in [-0.2, 0) is 11.3 Å². The number of aliphatic carboxylic acids is 1. The fraction of sp³-hybridized carbons (Fsp3) is 0.280. The highest BCUT2D eigenvalue weighted by Crippen LogP contribution is 2.31. The van der Waals surface area contributed by atoms with Crippen molar-refractivity contribution in [2.24, 2.45) is 0 Å². The third-order valence-corrected chi connectivity index (χ3v) is 6.72. The van der Waals surface area contributed by atoms with E-state index in [4.69, 9.17) is 20.0 Å². The van der Waals surface area contributed by atoms with Crippen molar-refractivity contribution in [3.05, 3.63) is 54.4 Å². The molecule has 1 saturated heterocycles. The lowest BCUT2D eigenvalue weighted by atomic mass is 10.2.